The average Bonchev–Trinajstić information content (AvgIpc) is 3.00. The van der Waals surface area contributed by atoms with E-state index in [4.69, 9.17) is 0 Å². The van der Waals surface area contributed by atoms with E-state index in [0.29, 0.717) is 0 Å². The Hall–Kier alpha value is -1.92. The fourth-order valence-corrected chi connectivity index (χ4v) is 1.85. The number of hydrogen-bond acceptors (Lipinski definition) is 4. The summed E-state index contributed by atoms with van der Waals surface area (Å²) in [5, 5.41) is 12.2. The van der Waals surface area contributed by atoms with Gasteiger partial charge in [-0.3, -0.25) is 9.59 Å². The van der Waals surface area contributed by atoms with Crippen molar-refractivity contribution >= 4 is 11.8 Å². The van der Waals surface area contributed by atoms with Crippen LogP contribution in [0.2, 0.25) is 0 Å². The van der Waals surface area contributed by atoms with E-state index in [1.54, 1.807) is 11.8 Å². The average molecular weight is 237 g/mol. The fraction of sp³-hybridized carbons (Fsp3) is 0.600. The van der Waals surface area contributed by atoms with Crippen molar-refractivity contribution in [1.29, 1.82) is 0 Å². The van der Waals surface area contributed by atoms with Crippen LogP contribution in [-0.4, -0.2) is 51.3 Å². The number of likely N-dealkylation sites (tertiary alicyclic amines) is 1. The molecule has 0 saturated carbocycles. The first-order valence-corrected chi connectivity index (χ1v) is 5.64. The third-order valence-corrected chi connectivity index (χ3v) is 2.78. The number of carbonyl (C=O) groups is 2. The van der Waals surface area contributed by atoms with Crippen molar-refractivity contribution < 1.29 is 9.59 Å². The second-order valence-electron chi connectivity index (χ2n) is 4.08. The van der Waals surface area contributed by atoms with E-state index in [1.165, 1.54) is 6.20 Å². The quantitative estimate of drug-likeness (QED) is 0.744. The molecular formula is C10H15N5O2. The number of nitrogens with zero attached hydrogens (tertiary/aromatic N) is 3. The molecule has 0 spiro atoms. The molecule has 2 heterocycles. The normalized spacial score (nSPS) is 16.9. The van der Waals surface area contributed by atoms with Crippen LogP contribution >= 0.6 is 0 Å². The van der Waals surface area contributed by atoms with E-state index >= 15 is 0 Å². The molecule has 92 valence electrons. The summed E-state index contributed by atoms with van der Waals surface area (Å²) in [7, 11) is 0. The van der Waals surface area contributed by atoms with E-state index in [1.807, 2.05) is 0 Å². The highest BCUT2D eigenvalue weighted by Crippen LogP contribution is 2.09. The molecule has 1 aliphatic heterocycles. The second-order valence-corrected chi connectivity index (χ2v) is 4.08. The molecule has 1 atom stereocenters. The summed E-state index contributed by atoms with van der Waals surface area (Å²) in [4.78, 5) is 25.3. The number of nitrogens with one attached hydrogen (secondary N) is 2. The maximum absolute atomic E-state index is 11.9. The van der Waals surface area contributed by atoms with Gasteiger partial charge in [-0.05, 0) is 19.8 Å². The van der Waals surface area contributed by atoms with Crippen LogP contribution < -0.4 is 5.32 Å². The van der Waals surface area contributed by atoms with Gasteiger partial charge in [-0.2, -0.15) is 15.4 Å². The first-order valence-electron chi connectivity index (χ1n) is 5.64. The molecule has 17 heavy (non-hydrogen) atoms. The smallest absolute Gasteiger partial charge is 0.274 e. The molecule has 0 aliphatic carbocycles. The van der Waals surface area contributed by atoms with E-state index in [0.717, 1.165) is 25.9 Å². The largest absolute Gasteiger partial charge is 0.341 e. The van der Waals surface area contributed by atoms with Crippen molar-refractivity contribution in [3.8, 4) is 0 Å². The molecule has 1 saturated heterocycles. The summed E-state index contributed by atoms with van der Waals surface area (Å²) in [5.41, 5.74) is 0.186. The fourth-order valence-electron chi connectivity index (χ4n) is 1.85. The van der Waals surface area contributed by atoms with Gasteiger partial charge < -0.3 is 10.2 Å². The third-order valence-electron chi connectivity index (χ3n) is 2.78. The third kappa shape index (κ3) is 2.61. The lowest BCUT2D eigenvalue weighted by Crippen LogP contribution is -2.46. The van der Waals surface area contributed by atoms with Crippen LogP contribution in [0.5, 0.6) is 0 Å². The number of amides is 2. The van der Waals surface area contributed by atoms with E-state index in [2.05, 4.69) is 20.7 Å². The van der Waals surface area contributed by atoms with Crippen LogP contribution in [0, 0.1) is 0 Å². The minimum atomic E-state index is -0.530. The Morgan fingerprint density at radius 2 is 2.18 bits per heavy atom. The van der Waals surface area contributed by atoms with Crippen LogP contribution in [0.3, 0.4) is 0 Å². The van der Waals surface area contributed by atoms with E-state index in [-0.39, 0.29) is 11.6 Å². The summed E-state index contributed by atoms with van der Waals surface area (Å²) in [6.45, 7) is 3.24. The van der Waals surface area contributed by atoms with Crippen LogP contribution in [0.4, 0.5) is 0 Å². The lowest BCUT2D eigenvalue weighted by atomic mass is 10.2. The molecule has 1 aromatic rings. The summed E-state index contributed by atoms with van der Waals surface area (Å²) >= 11 is 0. The van der Waals surface area contributed by atoms with Crippen molar-refractivity contribution in [2.75, 3.05) is 13.1 Å². The van der Waals surface area contributed by atoms with Crippen LogP contribution in [-0.2, 0) is 4.79 Å². The Morgan fingerprint density at radius 1 is 1.47 bits per heavy atom. The van der Waals surface area contributed by atoms with Gasteiger partial charge in [-0.1, -0.05) is 0 Å². The van der Waals surface area contributed by atoms with Gasteiger partial charge >= 0.3 is 0 Å². The number of carbonyl (C=O) groups excluding carboxylic acids is 2. The highest BCUT2D eigenvalue weighted by molar-refractivity contribution is 5.95. The van der Waals surface area contributed by atoms with Gasteiger partial charge in [0, 0.05) is 13.1 Å². The van der Waals surface area contributed by atoms with E-state index in [9.17, 15) is 9.59 Å². The predicted octanol–water partition coefficient (Wildman–Crippen LogP) is -0.455. The van der Waals surface area contributed by atoms with Crippen LogP contribution in [0.1, 0.15) is 30.3 Å². The standard InChI is InChI=1S/C10H15N5O2/c1-7(10(17)15-4-2-3-5-15)12-9(16)8-6-11-14-13-8/h6-7H,2-5H2,1H3,(H,12,16)(H,11,13,14). The molecular weight excluding hydrogens is 222 g/mol. The first-order chi connectivity index (χ1) is 8.18. The van der Waals surface area contributed by atoms with Gasteiger partial charge in [0.15, 0.2) is 5.69 Å². The van der Waals surface area contributed by atoms with Crippen molar-refractivity contribution in [3.63, 3.8) is 0 Å². The summed E-state index contributed by atoms with van der Waals surface area (Å²) in [5.74, 6) is -0.432. The van der Waals surface area contributed by atoms with Gasteiger partial charge in [0.25, 0.3) is 5.91 Å². The Kier molecular flexibility index (Phi) is 3.36. The molecule has 1 aliphatic rings. The zero-order valence-corrected chi connectivity index (χ0v) is 9.64. The topological polar surface area (TPSA) is 91.0 Å². The Morgan fingerprint density at radius 3 is 2.76 bits per heavy atom. The molecule has 1 fully saturated rings. The number of rotatable bonds is 3. The summed E-state index contributed by atoms with van der Waals surface area (Å²) in [6, 6.07) is -0.530. The summed E-state index contributed by atoms with van der Waals surface area (Å²) in [6.07, 6.45) is 3.40. The SMILES string of the molecule is CC(NC(=O)c1cn[nH]n1)C(=O)N1CCCC1. The number of aromatic nitrogens is 3. The van der Waals surface area contributed by atoms with Gasteiger partial charge in [-0.15, -0.1) is 0 Å². The van der Waals surface area contributed by atoms with Gasteiger partial charge in [0.05, 0.1) is 6.20 Å². The lowest BCUT2D eigenvalue weighted by Gasteiger charge is -2.20. The minimum absolute atomic E-state index is 0.0423. The zero-order valence-electron chi connectivity index (χ0n) is 9.64. The minimum Gasteiger partial charge on any atom is -0.341 e. The van der Waals surface area contributed by atoms with Gasteiger partial charge in [0.2, 0.25) is 5.91 Å². The zero-order chi connectivity index (χ0) is 12.3. The number of hydrogen-bond donors (Lipinski definition) is 2. The molecule has 7 heteroatoms. The number of aromatic amines is 1. The van der Waals surface area contributed by atoms with Crippen molar-refractivity contribution in [1.82, 2.24) is 25.6 Å². The highest BCUT2D eigenvalue weighted by Gasteiger charge is 2.25. The van der Waals surface area contributed by atoms with Crippen molar-refractivity contribution in [2.45, 2.75) is 25.8 Å². The molecule has 2 amide bonds. The maximum atomic E-state index is 11.9. The molecule has 1 aromatic heterocycles. The molecule has 1 unspecified atom stereocenters. The monoisotopic (exact) mass is 237 g/mol. The Bertz CT molecular complexity index is 397. The second kappa shape index (κ2) is 4.94. The summed E-state index contributed by atoms with van der Waals surface area (Å²) < 4.78 is 0. The predicted molar refractivity (Wildman–Crippen MR) is 59.1 cm³/mol. The highest BCUT2D eigenvalue weighted by atomic mass is 16.2. The molecule has 0 radical (unpaired) electrons. The van der Waals surface area contributed by atoms with Crippen LogP contribution in [0.15, 0.2) is 6.20 Å². The van der Waals surface area contributed by atoms with Crippen molar-refractivity contribution in [3.05, 3.63) is 11.9 Å². The Labute approximate surface area is 98.6 Å². The number of H-pyrrole nitrogens is 1. The molecule has 0 bridgehead atoms. The first kappa shape index (κ1) is 11.6. The van der Waals surface area contributed by atoms with E-state index < -0.39 is 11.9 Å². The maximum Gasteiger partial charge on any atom is 0.274 e. The molecule has 0 aromatic carbocycles. The van der Waals surface area contributed by atoms with Gasteiger partial charge in [0.1, 0.15) is 6.04 Å². The Balaban J connectivity index is 1.90. The molecule has 2 N–H and O–H groups in total. The van der Waals surface area contributed by atoms with Crippen LogP contribution in [0.25, 0.3) is 0 Å². The molecule has 2 rings (SSSR count). The molecule has 7 nitrogen and oxygen atoms in total. The lowest BCUT2D eigenvalue weighted by molar-refractivity contribution is -0.131. The van der Waals surface area contributed by atoms with Gasteiger partial charge in [-0.25, -0.2) is 0 Å². The van der Waals surface area contributed by atoms with Crippen molar-refractivity contribution in [2.24, 2.45) is 0 Å².